The van der Waals surface area contributed by atoms with Gasteiger partial charge < -0.3 is 20.6 Å². The molecule has 0 saturated carbocycles. The molecule has 0 aliphatic heterocycles. The lowest BCUT2D eigenvalue weighted by Crippen LogP contribution is -2.33. The van der Waals surface area contributed by atoms with Gasteiger partial charge in [-0.25, -0.2) is 0 Å². The summed E-state index contributed by atoms with van der Waals surface area (Å²) >= 11 is 0. The maximum atomic E-state index is 12.3. The van der Waals surface area contributed by atoms with Crippen molar-refractivity contribution in [3.05, 3.63) is 36.4 Å². The molecule has 0 aliphatic rings. The topological polar surface area (TPSA) is 69.8 Å². The third-order valence-corrected chi connectivity index (χ3v) is 2.76. The van der Waals surface area contributed by atoms with Crippen LogP contribution in [0.1, 0.15) is 10.4 Å². The molecule has 1 aromatic carbocycles. The largest absolute Gasteiger partial charge is 0.397 e. The Morgan fingerprint density at radius 2 is 2.16 bits per heavy atom. The number of aliphatic hydroxyl groups excluding tert-OH is 1. The van der Waals surface area contributed by atoms with Crippen molar-refractivity contribution < 1.29 is 9.90 Å². The van der Waals surface area contributed by atoms with Gasteiger partial charge in [-0.1, -0.05) is 6.08 Å². The van der Waals surface area contributed by atoms with Crippen LogP contribution in [-0.4, -0.2) is 49.7 Å². The van der Waals surface area contributed by atoms with Crippen molar-refractivity contribution in [2.24, 2.45) is 0 Å². The summed E-state index contributed by atoms with van der Waals surface area (Å²) in [5.41, 5.74) is 7.86. The molecule has 0 radical (unpaired) electrons. The summed E-state index contributed by atoms with van der Waals surface area (Å²) < 4.78 is 0. The third-order valence-electron chi connectivity index (χ3n) is 2.76. The Hall–Kier alpha value is -2.01. The first kappa shape index (κ1) is 15.0. The number of nitrogens with zero attached hydrogens (tertiary/aromatic N) is 2. The molecule has 0 fully saturated rings. The Bertz CT molecular complexity index is 458. The normalized spacial score (nSPS) is 10.1. The Kier molecular flexibility index (Phi) is 5.38. The average molecular weight is 263 g/mol. The zero-order valence-electron chi connectivity index (χ0n) is 11.5. The quantitative estimate of drug-likeness (QED) is 0.592. The number of carbonyl (C=O) groups excluding carboxylic acids is 1. The predicted octanol–water partition coefficient (Wildman–Crippen LogP) is 0.955. The number of nitrogens with two attached hydrogens (primary N) is 1. The number of hydrogen-bond acceptors (Lipinski definition) is 4. The first-order valence-electron chi connectivity index (χ1n) is 6.09. The minimum atomic E-state index is -0.161. The van der Waals surface area contributed by atoms with Crippen LogP contribution in [0.5, 0.6) is 0 Å². The van der Waals surface area contributed by atoms with Crippen LogP contribution in [0, 0.1) is 0 Å². The predicted molar refractivity (Wildman–Crippen MR) is 78.4 cm³/mol. The lowest BCUT2D eigenvalue weighted by Gasteiger charge is -2.21. The van der Waals surface area contributed by atoms with Gasteiger partial charge in [-0.05, 0) is 18.2 Å². The van der Waals surface area contributed by atoms with Gasteiger partial charge in [0.1, 0.15) is 0 Å². The van der Waals surface area contributed by atoms with Gasteiger partial charge in [-0.2, -0.15) is 0 Å². The van der Waals surface area contributed by atoms with Gasteiger partial charge in [0.15, 0.2) is 0 Å². The fourth-order valence-electron chi connectivity index (χ4n) is 1.83. The molecule has 0 heterocycles. The number of carbonyl (C=O) groups is 1. The van der Waals surface area contributed by atoms with E-state index in [9.17, 15) is 4.79 Å². The van der Waals surface area contributed by atoms with E-state index in [1.54, 1.807) is 18.2 Å². The van der Waals surface area contributed by atoms with Crippen molar-refractivity contribution in [3.63, 3.8) is 0 Å². The van der Waals surface area contributed by atoms with Crippen LogP contribution in [-0.2, 0) is 0 Å². The highest BCUT2D eigenvalue weighted by atomic mass is 16.3. The fraction of sp³-hybridized carbons (Fsp3) is 0.357. The van der Waals surface area contributed by atoms with Crippen LogP contribution in [0.15, 0.2) is 30.9 Å². The van der Waals surface area contributed by atoms with E-state index in [1.807, 2.05) is 25.1 Å². The number of aliphatic hydroxyl groups is 1. The summed E-state index contributed by atoms with van der Waals surface area (Å²) in [6.07, 6.45) is 1.63. The molecular weight excluding hydrogens is 242 g/mol. The molecule has 1 rings (SSSR count). The molecule has 1 aromatic rings. The second-order valence-corrected chi connectivity index (χ2v) is 4.43. The van der Waals surface area contributed by atoms with Crippen molar-refractivity contribution in [3.8, 4) is 0 Å². The first-order valence-corrected chi connectivity index (χ1v) is 6.09. The van der Waals surface area contributed by atoms with Crippen LogP contribution in [0.2, 0.25) is 0 Å². The molecule has 19 heavy (non-hydrogen) atoms. The van der Waals surface area contributed by atoms with E-state index in [4.69, 9.17) is 10.8 Å². The highest BCUT2D eigenvalue weighted by molar-refractivity contribution is 5.96. The lowest BCUT2D eigenvalue weighted by atomic mass is 10.1. The van der Waals surface area contributed by atoms with E-state index >= 15 is 0 Å². The Morgan fingerprint density at radius 3 is 2.63 bits per heavy atom. The number of amides is 1. The lowest BCUT2D eigenvalue weighted by molar-refractivity contribution is 0.0743. The van der Waals surface area contributed by atoms with Gasteiger partial charge >= 0.3 is 0 Å². The van der Waals surface area contributed by atoms with E-state index in [2.05, 4.69) is 6.58 Å². The minimum absolute atomic E-state index is 0.0785. The molecule has 0 aromatic heterocycles. The van der Waals surface area contributed by atoms with E-state index in [1.165, 1.54) is 4.90 Å². The van der Waals surface area contributed by atoms with Crippen molar-refractivity contribution in [2.75, 3.05) is 44.4 Å². The highest BCUT2D eigenvalue weighted by Gasteiger charge is 2.15. The summed E-state index contributed by atoms with van der Waals surface area (Å²) in [4.78, 5) is 15.7. The smallest absolute Gasteiger partial charge is 0.254 e. The summed E-state index contributed by atoms with van der Waals surface area (Å²) in [5, 5.41) is 8.97. The zero-order valence-corrected chi connectivity index (χ0v) is 11.5. The maximum absolute atomic E-state index is 12.3. The Balaban J connectivity index is 2.98. The van der Waals surface area contributed by atoms with Gasteiger partial charge in [0.05, 0.1) is 18.0 Å². The zero-order chi connectivity index (χ0) is 14.4. The second-order valence-electron chi connectivity index (χ2n) is 4.43. The number of anilines is 2. The van der Waals surface area contributed by atoms with E-state index in [0.717, 1.165) is 5.69 Å². The van der Waals surface area contributed by atoms with Gasteiger partial charge in [0.2, 0.25) is 0 Å². The van der Waals surface area contributed by atoms with Gasteiger partial charge in [0, 0.05) is 32.7 Å². The molecule has 0 saturated heterocycles. The summed E-state index contributed by atoms with van der Waals surface area (Å²) in [7, 11) is 3.78. The summed E-state index contributed by atoms with van der Waals surface area (Å²) in [6, 6.07) is 5.21. The maximum Gasteiger partial charge on any atom is 0.254 e. The molecule has 5 heteroatoms. The van der Waals surface area contributed by atoms with Crippen LogP contribution in [0.4, 0.5) is 11.4 Å². The SMILES string of the molecule is C=CCN(CCO)C(=O)c1ccc(N(C)C)c(N)c1. The highest BCUT2D eigenvalue weighted by Crippen LogP contribution is 2.23. The number of benzene rings is 1. The molecule has 0 aliphatic carbocycles. The van der Waals surface area contributed by atoms with Crippen molar-refractivity contribution in [2.45, 2.75) is 0 Å². The van der Waals surface area contributed by atoms with E-state index < -0.39 is 0 Å². The molecule has 1 amide bonds. The Morgan fingerprint density at radius 1 is 1.47 bits per heavy atom. The standard InChI is InChI=1S/C14H21N3O2/c1-4-7-17(8-9-18)14(19)11-5-6-13(16(2)3)12(15)10-11/h4-6,10,18H,1,7-9,15H2,2-3H3. The summed E-state index contributed by atoms with van der Waals surface area (Å²) in [5.74, 6) is -0.161. The molecule has 0 unspecified atom stereocenters. The molecule has 0 atom stereocenters. The van der Waals surface area contributed by atoms with Gasteiger partial charge in [-0.3, -0.25) is 4.79 Å². The monoisotopic (exact) mass is 263 g/mol. The third kappa shape index (κ3) is 3.72. The van der Waals surface area contributed by atoms with Crippen molar-refractivity contribution in [1.82, 2.24) is 4.90 Å². The molecular formula is C14H21N3O2. The van der Waals surface area contributed by atoms with Gasteiger partial charge in [-0.15, -0.1) is 6.58 Å². The molecule has 104 valence electrons. The van der Waals surface area contributed by atoms with Crippen molar-refractivity contribution in [1.29, 1.82) is 0 Å². The number of nitrogen functional groups attached to an aromatic ring is 1. The Labute approximate surface area is 113 Å². The van der Waals surface area contributed by atoms with Crippen LogP contribution >= 0.6 is 0 Å². The van der Waals surface area contributed by atoms with Crippen LogP contribution < -0.4 is 10.6 Å². The van der Waals surface area contributed by atoms with Crippen molar-refractivity contribution >= 4 is 17.3 Å². The molecule has 0 spiro atoms. The molecule has 0 bridgehead atoms. The molecule has 3 N–H and O–H groups in total. The average Bonchev–Trinajstić information content (AvgIpc) is 2.37. The number of hydrogen-bond donors (Lipinski definition) is 2. The van der Waals surface area contributed by atoms with Crippen LogP contribution in [0.25, 0.3) is 0 Å². The molecule has 5 nitrogen and oxygen atoms in total. The minimum Gasteiger partial charge on any atom is -0.397 e. The van der Waals surface area contributed by atoms with E-state index in [0.29, 0.717) is 17.8 Å². The second kappa shape index (κ2) is 6.80. The van der Waals surface area contributed by atoms with Gasteiger partial charge in [0.25, 0.3) is 5.91 Å². The fourth-order valence-corrected chi connectivity index (χ4v) is 1.83. The first-order chi connectivity index (χ1) is 9.01. The number of rotatable bonds is 6. The summed E-state index contributed by atoms with van der Waals surface area (Å²) in [6.45, 7) is 4.20. The van der Waals surface area contributed by atoms with E-state index in [-0.39, 0.29) is 19.1 Å². The van der Waals surface area contributed by atoms with Crippen LogP contribution in [0.3, 0.4) is 0 Å².